The number of hydrogen-bond acceptors (Lipinski definition) is 2. The summed E-state index contributed by atoms with van der Waals surface area (Å²) >= 11 is 0. The number of nitrogens with one attached hydrogen (secondary N) is 1. The molecule has 1 rings (SSSR count). The van der Waals surface area contributed by atoms with Crippen molar-refractivity contribution in [3.63, 3.8) is 0 Å². The second kappa shape index (κ2) is 8.05. The van der Waals surface area contributed by atoms with Gasteiger partial charge in [0.1, 0.15) is 0 Å². The third kappa shape index (κ3) is 7.29. The van der Waals surface area contributed by atoms with Crippen LogP contribution in [-0.4, -0.2) is 17.5 Å². The van der Waals surface area contributed by atoms with Gasteiger partial charge in [-0.05, 0) is 52.0 Å². The van der Waals surface area contributed by atoms with Crippen molar-refractivity contribution < 1.29 is 4.79 Å². The molecule has 0 spiro atoms. The lowest BCUT2D eigenvalue weighted by atomic mass is 9.95. The van der Waals surface area contributed by atoms with Gasteiger partial charge in [0, 0.05) is 18.0 Å². The smallest absolute Gasteiger partial charge is 0.220 e. The van der Waals surface area contributed by atoms with Crippen LogP contribution in [0.25, 0.3) is 0 Å². The number of rotatable bonds is 8. The molecule has 1 unspecified atom stereocenters. The molecular formula is C17H28N2O. The van der Waals surface area contributed by atoms with Crippen LogP contribution < -0.4 is 11.1 Å². The molecule has 1 aromatic rings. The summed E-state index contributed by atoms with van der Waals surface area (Å²) in [6.07, 6.45) is 4.25. The topological polar surface area (TPSA) is 55.1 Å². The summed E-state index contributed by atoms with van der Waals surface area (Å²) in [6, 6.07) is 10.5. The monoisotopic (exact) mass is 276 g/mol. The van der Waals surface area contributed by atoms with Crippen LogP contribution in [0.3, 0.4) is 0 Å². The lowest BCUT2D eigenvalue weighted by Crippen LogP contribution is -2.43. The van der Waals surface area contributed by atoms with E-state index in [-0.39, 0.29) is 17.5 Å². The zero-order chi connectivity index (χ0) is 15.0. The minimum absolute atomic E-state index is 0.128. The summed E-state index contributed by atoms with van der Waals surface area (Å²) in [6.45, 7) is 6.14. The number of amides is 1. The zero-order valence-electron chi connectivity index (χ0n) is 13.0. The van der Waals surface area contributed by atoms with Crippen LogP contribution in [0.15, 0.2) is 30.3 Å². The first-order valence-corrected chi connectivity index (χ1v) is 7.49. The Labute approximate surface area is 122 Å². The Kier molecular flexibility index (Phi) is 6.73. The SMILES string of the molecule is CC(N)CCCC(=O)NC(C)(C)CCc1ccccc1. The normalized spacial score (nSPS) is 13.0. The van der Waals surface area contributed by atoms with Crippen molar-refractivity contribution in [3.05, 3.63) is 35.9 Å². The minimum Gasteiger partial charge on any atom is -0.351 e. The third-order valence-electron chi connectivity index (χ3n) is 3.42. The Morgan fingerprint density at radius 1 is 1.30 bits per heavy atom. The Balaban J connectivity index is 2.31. The van der Waals surface area contributed by atoms with Crippen molar-refractivity contribution in [3.8, 4) is 0 Å². The summed E-state index contributed by atoms with van der Waals surface area (Å²) in [5.74, 6) is 0.128. The van der Waals surface area contributed by atoms with Gasteiger partial charge in [-0.2, -0.15) is 0 Å². The van der Waals surface area contributed by atoms with E-state index < -0.39 is 0 Å². The molecule has 0 aliphatic heterocycles. The van der Waals surface area contributed by atoms with Gasteiger partial charge in [-0.1, -0.05) is 30.3 Å². The van der Waals surface area contributed by atoms with Crippen molar-refractivity contribution in [2.24, 2.45) is 5.73 Å². The fraction of sp³-hybridized carbons (Fsp3) is 0.588. The van der Waals surface area contributed by atoms with Crippen molar-refractivity contribution in [2.75, 3.05) is 0 Å². The van der Waals surface area contributed by atoms with Gasteiger partial charge in [-0.25, -0.2) is 0 Å². The van der Waals surface area contributed by atoms with Crippen LogP contribution in [0.1, 0.15) is 52.0 Å². The summed E-state index contributed by atoms with van der Waals surface area (Å²) < 4.78 is 0. The number of hydrogen-bond donors (Lipinski definition) is 2. The molecule has 0 aliphatic carbocycles. The fourth-order valence-corrected chi connectivity index (χ4v) is 2.19. The quantitative estimate of drug-likeness (QED) is 0.767. The van der Waals surface area contributed by atoms with E-state index in [0.717, 1.165) is 25.7 Å². The van der Waals surface area contributed by atoms with Gasteiger partial charge in [0.15, 0.2) is 0 Å². The van der Waals surface area contributed by atoms with Gasteiger partial charge >= 0.3 is 0 Å². The molecule has 1 atom stereocenters. The predicted molar refractivity (Wildman–Crippen MR) is 84.5 cm³/mol. The first kappa shape index (κ1) is 16.7. The van der Waals surface area contributed by atoms with E-state index in [9.17, 15) is 4.79 Å². The maximum absolute atomic E-state index is 11.9. The van der Waals surface area contributed by atoms with E-state index in [0.29, 0.717) is 6.42 Å². The van der Waals surface area contributed by atoms with Gasteiger partial charge in [0.25, 0.3) is 0 Å². The standard InChI is InChI=1S/C17H28N2O/c1-14(18)8-7-11-16(20)19-17(2,3)13-12-15-9-5-4-6-10-15/h4-6,9-10,14H,7-8,11-13,18H2,1-3H3,(H,19,20). The average molecular weight is 276 g/mol. The Morgan fingerprint density at radius 3 is 2.55 bits per heavy atom. The van der Waals surface area contributed by atoms with E-state index in [1.807, 2.05) is 13.0 Å². The summed E-state index contributed by atoms with van der Waals surface area (Å²) in [5, 5.41) is 3.12. The highest BCUT2D eigenvalue weighted by Gasteiger charge is 2.19. The van der Waals surface area contributed by atoms with E-state index in [4.69, 9.17) is 5.73 Å². The average Bonchev–Trinajstić information content (AvgIpc) is 2.37. The molecule has 0 heterocycles. The first-order chi connectivity index (χ1) is 9.39. The van der Waals surface area contributed by atoms with E-state index in [2.05, 4.69) is 43.4 Å². The van der Waals surface area contributed by atoms with Gasteiger partial charge in [0.2, 0.25) is 5.91 Å². The fourth-order valence-electron chi connectivity index (χ4n) is 2.19. The summed E-state index contributed by atoms with van der Waals surface area (Å²) in [4.78, 5) is 11.9. The highest BCUT2D eigenvalue weighted by atomic mass is 16.1. The molecule has 112 valence electrons. The van der Waals surface area contributed by atoms with Crippen molar-refractivity contribution in [1.82, 2.24) is 5.32 Å². The van der Waals surface area contributed by atoms with Gasteiger partial charge < -0.3 is 11.1 Å². The van der Waals surface area contributed by atoms with Gasteiger partial charge in [0.05, 0.1) is 0 Å². The van der Waals surface area contributed by atoms with Crippen LogP contribution in [0.2, 0.25) is 0 Å². The van der Waals surface area contributed by atoms with E-state index in [1.54, 1.807) is 0 Å². The second-order valence-electron chi connectivity index (χ2n) is 6.29. The molecule has 0 saturated carbocycles. The zero-order valence-corrected chi connectivity index (χ0v) is 13.0. The maximum Gasteiger partial charge on any atom is 0.220 e. The third-order valence-corrected chi connectivity index (χ3v) is 3.42. The number of benzene rings is 1. The molecule has 0 saturated heterocycles. The molecule has 3 heteroatoms. The summed E-state index contributed by atoms with van der Waals surface area (Å²) in [7, 11) is 0. The lowest BCUT2D eigenvalue weighted by Gasteiger charge is -2.26. The Morgan fingerprint density at radius 2 is 1.95 bits per heavy atom. The molecule has 20 heavy (non-hydrogen) atoms. The van der Waals surface area contributed by atoms with Crippen molar-refractivity contribution in [1.29, 1.82) is 0 Å². The molecule has 0 radical (unpaired) electrons. The predicted octanol–water partition coefficient (Wildman–Crippen LogP) is 3.03. The molecule has 3 N–H and O–H groups in total. The molecule has 1 aromatic carbocycles. The van der Waals surface area contributed by atoms with Crippen LogP contribution >= 0.6 is 0 Å². The number of nitrogens with two attached hydrogens (primary N) is 1. The second-order valence-corrected chi connectivity index (χ2v) is 6.29. The first-order valence-electron chi connectivity index (χ1n) is 7.49. The molecule has 0 aliphatic rings. The molecule has 0 fully saturated rings. The summed E-state index contributed by atoms with van der Waals surface area (Å²) in [5.41, 5.74) is 6.83. The molecule has 0 bridgehead atoms. The number of aryl methyl sites for hydroxylation is 1. The van der Waals surface area contributed by atoms with Gasteiger partial charge in [-0.15, -0.1) is 0 Å². The highest BCUT2D eigenvalue weighted by molar-refractivity contribution is 5.76. The van der Waals surface area contributed by atoms with Crippen LogP contribution in [0.5, 0.6) is 0 Å². The van der Waals surface area contributed by atoms with E-state index >= 15 is 0 Å². The molecular weight excluding hydrogens is 248 g/mol. The van der Waals surface area contributed by atoms with E-state index in [1.165, 1.54) is 5.56 Å². The minimum atomic E-state index is -0.165. The van der Waals surface area contributed by atoms with Crippen molar-refractivity contribution in [2.45, 2.75) is 64.5 Å². The molecule has 1 amide bonds. The Bertz CT molecular complexity index is 399. The number of carbonyl (C=O) groups is 1. The van der Waals surface area contributed by atoms with Crippen LogP contribution in [-0.2, 0) is 11.2 Å². The largest absolute Gasteiger partial charge is 0.351 e. The lowest BCUT2D eigenvalue weighted by molar-refractivity contribution is -0.122. The number of carbonyl (C=O) groups excluding carboxylic acids is 1. The van der Waals surface area contributed by atoms with Crippen LogP contribution in [0.4, 0.5) is 0 Å². The maximum atomic E-state index is 11.9. The van der Waals surface area contributed by atoms with Crippen LogP contribution in [0, 0.1) is 0 Å². The molecule has 0 aromatic heterocycles. The highest BCUT2D eigenvalue weighted by Crippen LogP contribution is 2.14. The van der Waals surface area contributed by atoms with Gasteiger partial charge in [-0.3, -0.25) is 4.79 Å². The Hall–Kier alpha value is -1.35. The van der Waals surface area contributed by atoms with Crippen molar-refractivity contribution >= 4 is 5.91 Å². The molecule has 3 nitrogen and oxygen atoms in total.